The van der Waals surface area contributed by atoms with Crippen molar-refractivity contribution in [3.05, 3.63) is 0 Å². The molecule has 88 valence electrons. The lowest BCUT2D eigenvalue weighted by molar-refractivity contribution is 0.162. The van der Waals surface area contributed by atoms with Gasteiger partial charge in [0.15, 0.2) is 0 Å². The Morgan fingerprint density at radius 2 is 2.13 bits per heavy atom. The van der Waals surface area contributed by atoms with E-state index in [-0.39, 0.29) is 12.1 Å². The molecule has 1 atom stereocenters. The number of amides is 2. The van der Waals surface area contributed by atoms with Crippen molar-refractivity contribution in [2.24, 2.45) is 0 Å². The summed E-state index contributed by atoms with van der Waals surface area (Å²) in [5.41, 5.74) is 0. The van der Waals surface area contributed by atoms with E-state index in [1.165, 1.54) is 12.8 Å². The Morgan fingerprint density at radius 3 is 2.67 bits per heavy atom. The lowest BCUT2D eigenvalue weighted by Gasteiger charge is -2.21. The van der Waals surface area contributed by atoms with Gasteiger partial charge >= 0.3 is 6.03 Å². The summed E-state index contributed by atoms with van der Waals surface area (Å²) in [7, 11) is 1.77. The first-order chi connectivity index (χ1) is 7.09. The fourth-order valence-electron chi connectivity index (χ4n) is 1.84. The summed E-state index contributed by atoms with van der Waals surface area (Å²) >= 11 is 0. The van der Waals surface area contributed by atoms with Crippen molar-refractivity contribution in [3.63, 3.8) is 0 Å². The van der Waals surface area contributed by atoms with E-state index >= 15 is 0 Å². The SMILES string of the molecule is CC(O)CCN(C)C(=O)NC1CCCC1. The van der Waals surface area contributed by atoms with Gasteiger partial charge in [-0.1, -0.05) is 12.8 Å². The van der Waals surface area contributed by atoms with Crippen molar-refractivity contribution in [2.45, 2.75) is 51.2 Å². The molecule has 1 saturated carbocycles. The summed E-state index contributed by atoms with van der Waals surface area (Å²) in [4.78, 5) is 13.3. The molecule has 2 N–H and O–H groups in total. The van der Waals surface area contributed by atoms with Gasteiger partial charge in [0.2, 0.25) is 0 Å². The zero-order valence-electron chi connectivity index (χ0n) is 9.70. The van der Waals surface area contributed by atoms with Crippen LogP contribution in [0.5, 0.6) is 0 Å². The summed E-state index contributed by atoms with van der Waals surface area (Å²) in [6, 6.07) is 0.356. The minimum absolute atomic E-state index is 0.0115. The Labute approximate surface area is 91.6 Å². The van der Waals surface area contributed by atoms with E-state index in [1.54, 1.807) is 18.9 Å². The zero-order valence-corrected chi connectivity index (χ0v) is 9.70. The van der Waals surface area contributed by atoms with E-state index in [1.807, 2.05) is 0 Å². The molecule has 2 amide bonds. The topological polar surface area (TPSA) is 52.6 Å². The average Bonchev–Trinajstić information content (AvgIpc) is 2.66. The van der Waals surface area contributed by atoms with Crippen LogP contribution in [-0.2, 0) is 0 Å². The Morgan fingerprint density at radius 1 is 1.53 bits per heavy atom. The van der Waals surface area contributed by atoms with Gasteiger partial charge in [0.1, 0.15) is 0 Å². The number of nitrogens with one attached hydrogen (secondary N) is 1. The molecule has 0 aromatic heterocycles. The summed E-state index contributed by atoms with van der Waals surface area (Å²) in [5.74, 6) is 0. The number of aliphatic hydroxyl groups excluding tert-OH is 1. The highest BCUT2D eigenvalue weighted by Crippen LogP contribution is 2.17. The molecule has 15 heavy (non-hydrogen) atoms. The van der Waals surface area contributed by atoms with Crippen LogP contribution >= 0.6 is 0 Å². The van der Waals surface area contributed by atoms with E-state index in [0.29, 0.717) is 19.0 Å². The highest BCUT2D eigenvalue weighted by molar-refractivity contribution is 5.74. The maximum absolute atomic E-state index is 11.6. The Kier molecular flexibility index (Phi) is 4.88. The van der Waals surface area contributed by atoms with Crippen molar-refractivity contribution >= 4 is 6.03 Å². The van der Waals surface area contributed by atoms with E-state index in [4.69, 9.17) is 5.11 Å². The molecule has 0 aromatic carbocycles. The molecule has 1 aliphatic rings. The third-order valence-electron chi connectivity index (χ3n) is 2.91. The lowest BCUT2D eigenvalue weighted by atomic mass is 10.2. The van der Waals surface area contributed by atoms with E-state index in [9.17, 15) is 4.79 Å². The first-order valence-electron chi connectivity index (χ1n) is 5.79. The van der Waals surface area contributed by atoms with Gasteiger partial charge in [0, 0.05) is 19.6 Å². The second-order valence-corrected chi connectivity index (χ2v) is 4.49. The fourth-order valence-corrected chi connectivity index (χ4v) is 1.84. The molecular weight excluding hydrogens is 192 g/mol. The van der Waals surface area contributed by atoms with Crippen molar-refractivity contribution < 1.29 is 9.90 Å². The predicted octanol–water partition coefficient (Wildman–Crippen LogP) is 1.34. The number of carbonyl (C=O) groups is 1. The smallest absolute Gasteiger partial charge is 0.317 e. The number of hydrogen-bond acceptors (Lipinski definition) is 2. The normalized spacial score (nSPS) is 18.9. The average molecular weight is 214 g/mol. The number of rotatable bonds is 4. The number of hydrogen-bond donors (Lipinski definition) is 2. The maximum Gasteiger partial charge on any atom is 0.317 e. The second-order valence-electron chi connectivity index (χ2n) is 4.49. The molecule has 0 bridgehead atoms. The molecule has 1 aliphatic carbocycles. The third kappa shape index (κ3) is 4.51. The van der Waals surface area contributed by atoms with Gasteiger partial charge in [-0.3, -0.25) is 0 Å². The van der Waals surface area contributed by atoms with Crippen molar-refractivity contribution in [1.29, 1.82) is 0 Å². The van der Waals surface area contributed by atoms with Crippen LogP contribution in [-0.4, -0.2) is 41.8 Å². The molecule has 0 heterocycles. The maximum atomic E-state index is 11.6. The van der Waals surface area contributed by atoms with Crippen molar-refractivity contribution in [2.75, 3.05) is 13.6 Å². The first-order valence-corrected chi connectivity index (χ1v) is 5.79. The summed E-state index contributed by atoms with van der Waals surface area (Å²) < 4.78 is 0. The molecule has 0 aromatic rings. The van der Waals surface area contributed by atoms with Gasteiger partial charge in [-0.15, -0.1) is 0 Å². The summed E-state index contributed by atoms with van der Waals surface area (Å²) in [6.45, 7) is 2.35. The van der Waals surface area contributed by atoms with Gasteiger partial charge in [0.05, 0.1) is 6.10 Å². The van der Waals surface area contributed by atoms with Crippen LogP contribution in [0, 0.1) is 0 Å². The first kappa shape index (κ1) is 12.3. The molecule has 0 aliphatic heterocycles. The monoisotopic (exact) mass is 214 g/mol. The highest BCUT2D eigenvalue weighted by Gasteiger charge is 2.18. The van der Waals surface area contributed by atoms with E-state index < -0.39 is 0 Å². The Balaban J connectivity index is 2.20. The number of nitrogens with zero attached hydrogens (tertiary/aromatic N) is 1. The quantitative estimate of drug-likeness (QED) is 0.742. The predicted molar refractivity (Wildman–Crippen MR) is 59.7 cm³/mol. The molecule has 4 heteroatoms. The minimum atomic E-state index is -0.341. The van der Waals surface area contributed by atoms with Crippen LogP contribution in [0.1, 0.15) is 39.0 Å². The highest BCUT2D eigenvalue weighted by atomic mass is 16.3. The second kappa shape index (κ2) is 5.95. The molecule has 1 fully saturated rings. The Hall–Kier alpha value is -0.770. The zero-order chi connectivity index (χ0) is 11.3. The van der Waals surface area contributed by atoms with E-state index in [2.05, 4.69) is 5.32 Å². The van der Waals surface area contributed by atoms with Crippen LogP contribution in [0.4, 0.5) is 4.79 Å². The van der Waals surface area contributed by atoms with Gasteiger partial charge in [-0.2, -0.15) is 0 Å². The largest absolute Gasteiger partial charge is 0.393 e. The van der Waals surface area contributed by atoms with Crippen LogP contribution in [0.15, 0.2) is 0 Å². The van der Waals surface area contributed by atoms with Crippen molar-refractivity contribution in [3.8, 4) is 0 Å². The number of carbonyl (C=O) groups excluding carboxylic acids is 1. The van der Waals surface area contributed by atoms with Crippen LogP contribution in [0.3, 0.4) is 0 Å². The molecule has 0 saturated heterocycles. The molecule has 4 nitrogen and oxygen atoms in total. The fraction of sp³-hybridized carbons (Fsp3) is 0.909. The lowest BCUT2D eigenvalue weighted by Crippen LogP contribution is -2.42. The van der Waals surface area contributed by atoms with Gasteiger partial charge < -0.3 is 15.3 Å². The number of urea groups is 1. The van der Waals surface area contributed by atoms with Crippen LogP contribution in [0.2, 0.25) is 0 Å². The van der Waals surface area contributed by atoms with E-state index in [0.717, 1.165) is 12.8 Å². The molecule has 1 unspecified atom stereocenters. The summed E-state index contributed by atoms with van der Waals surface area (Å²) in [6.07, 6.45) is 4.96. The Bertz CT molecular complexity index is 201. The molecule has 0 radical (unpaired) electrons. The summed E-state index contributed by atoms with van der Waals surface area (Å²) in [5, 5.41) is 12.1. The van der Waals surface area contributed by atoms with Crippen molar-refractivity contribution in [1.82, 2.24) is 10.2 Å². The number of aliphatic hydroxyl groups is 1. The molecular formula is C11H22N2O2. The third-order valence-corrected chi connectivity index (χ3v) is 2.91. The molecule has 0 spiro atoms. The minimum Gasteiger partial charge on any atom is -0.393 e. The van der Waals surface area contributed by atoms with Crippen LogP contribution in [0.25, 0.3) is 0 Å². The molecule has 1 rings (SSSR count). The van der Waals surface area contributed by atoms with Crippen LogP contribution < -0.4 is 5.32 Å². The van der Waals surface area contributed by atoms with Gasteiger partial charge in [-0.05, 0) is 26.2 Å². The van der Waals surface area contributed by atoms with Gasteiger partial charge in [0.25, 0.3) is 0 Å². The standard InChI is InChI=1S/C11H22N2O2/c1-9(14)7-8-13(2)11(15)12-10-5-3-4-6-10/h9-10,14H,3-8H2,1-2H3,(H,12,15). The van der Waals surface area contributed by atoms with Gasteiger partial charge in [-0.25, -0.2) is 4.79 Å².